The van der Waals surface area contributed by atoms with Gasteiger partial charge in [0.15, 0.2) is 15.6 Å². The van der Waals surface area contributed by atoms with Crippen molar-refractivity contribution in [1.29, 1.82) is 0 Å². The van der Waals surface area contributed by atoms with E-state index in [2.05, 4.69) is 0 Å². The highest BCUT2D eigenvalue weighted by Gasteiger charge is 2.32. The minimum Gasteiger partial charge on any atom is -0.464 e. The lowest BCUT2D eigenvalue weighted by atomic mass is 9.89. The summed E-state index contributed by atoms with van der Waals surface area (Å²) in [4.78, 5) is 54.6. The molecule has 1 amide bonds. The number of carbonyl (C=O) groups excluding carboxylic acids is 4. The number of nitrogens with zero attached hydrogens (tertiary/aromatic N) is 1. The molecule has 1 unspecified atom stereocenters. The summed E-state index contributed by atoms with van der Waals surface area (Å²) in [5, 5.41) is 19.3. The molecule has 53 heavy (non-hydrogen) atoms. The summed E-state index contributed by atoms with van der Waals surface area (Å²) in [6.45, 7) is 0.516. The number of hydrogen-bond acceptors (Lipinski definition) is 12. The Morgan fingerprint density at radius 2 is 1.75 bits per heavy atom. The molecular formula is C37H37Cl2NO12S. The van der Waals surface area contributed by atoms with E-state index in [1.165, 1.54) is 25.1 Å². The first kappa shape index (κ1) is 39.7. The fourth-order valence-electron chi connectivity index (χ4n) is 5.91. The maximum atomic E-state index is 13.9. The van der Waals surface area contributed by atoms with Crippen molar-refractivity contribution < 1.29 is 56.4 Å². The minimum absolute atomic E-state index is 0.00627. The van der Waals surface area contributed by atoms with Crippen LogP contribution in [-0.2, 0) is 48.2 Å². The second-order valence-corrected chi connectivity index (χ2v) is 15.5. The average Bonchev–Trinajstić information content (AvgIpc) is 3.59. The van der Waals surface area contributed by atoms with Crippen molar-refractivity contribution >= 4 is 67.8 Å². The molecule has 0 fully saturated rings. The Kier molecular flexibility index (Phi) is 12.8. The van der Waals surface area contributed by atoms with Gasteiger partial charge in [0.1, 0.15) is 12.2 Å². The number of halogens is 2. The van der Waals surface area contributed by atoms with Gasteiger partial charge in [-0.15, -0.1) is 0 Å². The van der Waals surface area contributed by atoms with Gasteiger partial charge in [0.05, 0.1) is 45.9 Å². The molecule has 1 aliphatic rings. The molecule has 16 heteroatoms. The van der Waals surface area contributed by atoms with E-state index < -0.39 is 65.5 Å². The first-order valence-corrected chi connectivity index (χ1v) is 19.2. The van der Waals surface area contributed by atoms with Crippen molar-refractivity contribution in [2.24, 2.45) is 11.8 Å². The number of amides is 1. The van der Waals surface area contributed by atoms with E-state index in [4.69, 9.17) is 52.0 Å². The number of fused-ring (bicyclic) bond motifs is 2. The maximum absolute atomic E-state index is 13.9. The molecule has 0 radical (unpaired) electrons. The Labute approximate surface area is 315 Å². The van der Waals surface area contributed by atoms with Gasteiger partial charge < -0.3 is 33.7 Å². The normalized spacial score (nSPS) is 14.1. The second-order valence-electron chi connectivity index (χ2n) is 12.7. The van der Waals surface area contributed by atoms with Crippen molar-refractivity contribution in [3.8, 4) is 0 Å². The van der Waals surface area contributed by atoms with Crippen molar-refractivity contribution in [3.63, 3.8) is 0 Å². The fourth-order valence-corrected chi connectivity index (χ4v) is 7.40. The Morgan fingerprint density at radius 1 is 1.00 bits per heavy atom. The Bertz CT molecular complexity index is 2130. The van der Waals surface area contributed by atoms with Crippen LogP contribution in [0, 0.1) is 11.8 Å². The summed E-state index contributed by atoms with van der Waals surface area (Å²) in [6, 6.07) is 14.5. The lowest BCUT2D eigenvalue weighted by Crippen LogP contribution is -2.36. The number of hydrogen-bond donors (Lipinski definition) is 2. The van der Waals surface area contributed by atoms with Gasteiger partial charge >= 0.3 is 12.1 Å². The van der Waals surface area contributed by atoms with Crippen LogP contribution in [0.3, 0.4) is 0 Å². The molecule has 0 bridgehead atoms. The van der Waals surface area contributed by atoms with Gasteiger partial charge in [0.25, 0.3) is 5.91 Å². The van der Waals surface area contributed by atoms with Crippen LogP contribution in [0.4, 0.5) is 4.79 Å². The number of rotatable bonds is 14. The molecule has 1 aromatic heterocycles. The molecule has 2 heterocycles. The summed E-state index contributed by atoms with van der Waals surface area (Å²) >= 11 is 13.5. The summed E-state index contributed by atoms with van der Waals surface area (Å²) in [5.41, 5.74) is 2.72. The number of Topliss-reactive ketones (excluding diaryl/α,β-unsaturated/α-hetero) is 1. The lowest BCUT2D eigenvalue weighted by Gasteiger charge is -2.30. The van der Waals surface area contributed by atoms with Crippen LogP contribution in [0.5, 0.6) is 0 Å². The molecule has 0 aliphatic carbocycles. The molecule has 282 valence electrons. The number of carbonyl (C=O) groups is 4. The van der Waals surface area contributed by atoms with Crippen molar-refractivity contribution in [1.82, 2.24) is 4.90 Å². The molecule has 13 nitrogen and oxygen atoms in total. The third-order valence-electron chi connectivity index (χ3n) is 8.75. The number of aliphatic hydroxyl groups excluding tert-OH is 2. The minimum atomic E-state index is -3.60. The van der Waals surface area contributed by atoms with Crippen LogP contribution in [0.25, 0.3) is 11.0 Å². The number of benzene rings is 3. The Hall–Kier alpha value is -4.47. The van der Waals surface area contributed by atoms with E-state index >= 15 is 0 Å². The van der Waals surface area contributed by atoms with Crippen LogP contribution in [-0.4, -0.2) is 86.3 Å². The van der Waals surface area contributed by atoms with Gasteiger partial charge in [0.2, 0.25) is 6.29 Å². The van der Waals surface area contributed by atoms with Gasteiger partial charge in [-0.3, -0.25) is 14.4 Å². The van der Waals surface area contributed by atoms with Crippen LogP contribution in [0.15, 0.2) is 70.2 Å². The largest absolute Gasteiger partial charge is 0.511 e. The third-order valence-corrected chi connectivity index (χ3v) is 10.6. The SMILES string of the molecule is CC(OC(=O)OCC(CO)CO)OC(=O)[C@@H](CC(=O)c1c(Cl)cc2c(c1Cl)CCN(C(=O)c1ccc3ccoc3c1)C2)Cc1cccc(S(C)(=O)=O)c1. The van der Waals surface area contributed by atoms with E-state index in [0.717, 1.165) is 11.6 Å². The highest BCUT2D eigenvalue weighted by Crippen LogP contribution is 2.37. The number of esters is 1. The fraction of sp³-hybridized carbons (Fsp3) is 0.351. The van der Waals surface area contributed by atoms with E-state index in [1.54, 1.807) is 47.6 Å². The van der Waals surface area contributed by atoms with Crippen LogP contribution < -0.4 is 0 Å². The smallest absolute Gasteiger partial charge is 0.464 e. The zero-order valence-corrected chi connectivity index (χ0v) is 31.1. The first-order valence-electron chi connectivity index (χ1n) is 16.5. The Balaban J connectivity index is 1.34. The number of sulfone groups is 1. The van der Waals surface area contributed by atoms with Crippen molar-refractivity contribution in [2.45, 2.75) is 43.9 Å². The van der Waals surface area contributed by atoms with E-state index in [9.17, 15) is 27.6 Å². The number of furan rings is 1. The van der Waals surface area contributed by atoms with Crippen molar-refractivity contribution in [3.05, 3.63) is 98.7 Å². The van der Waals surface area contributed by atoms with Gasteiger partial charge in [0, 0.05) is 49.6 Å². The highest BCUT2D eigenvalue weighted by molar-refractivity contribution is 7.90. The quantitative estimate of drug-likeness (QED) is 0.0941. The topological polar surface area (TPSA) is 187 Å². The summed E-state index contributed by atoms with van der Waals surface area (Å²) in [7, 11) is -3.60. The van der Waals surface area contributed by atoms with Crippen LogP contribution in [0.2, 0.25) is 10.0 Å². The molecule has 0 spiro atoms. The molecule has 3 aromatic carbocycles. The monoisotopic (exact) mass is 789 g/mol. The zero-order valence-electron chi connectivity index (χ0n) is 28.8. The molecule has 2 atom stereocenters. The van der Waals surface area contributed by atoms with E-state index in [-0.39, 0.29) is 46.0 Å². The average molecular weight is 791 g/mol. The number of aliphatic hydroxyl groups is 2. The summed E-state index contributed by atoms with van der Waals surface area (Å²) < 4.78 is 45.1. The molecule has 0 saturated heterocycles. The molecule has 5 rings (SSSR count). The van der Waals surface area contributed by atoms with Gasteiger partial charge in [-0.1, -0.05) is 41.4 Å². The molecular weight excluding hydrogens is 753 g/mol. The summed E-state index contributed by atoms with van der Waals surface area (Å²) in [5.74, 6) is -3.70. The predicted octanol–water partition coefficient (Wildman–Crippen LogP) is 5.42. The molecule has 4 aromatic rings. The van der Waals surface area contributed by atoms with Gasteiger partial charge in [-0.2, -0.15) is 0 Å². The van der Waals surface area contributed by atoms with Crippen LogP contribution >= 0.6 is 23.2 Å². The maximum Gasteiger partial charge on any atom is 0.511 e. The predicted molar refractivity (Wildman–Crippen MR) is 192 cm³/mol. The lowest BCUT2D eigenvalue weighted by molar-refractivity contribution is -0.173. The van der Waals surface area contributed by atoms with E-state index in [0.29, 0.717) is 40.8 Å². The molecule has 0 saturated carbocycles. The van der Waals surface area contributed by atoms with Crippen molar-refractivity contribution in [2.75, 3.05) is 32.6 Å². The highest BCUT2D eigenvalue weighted by atomic mass is 35.5. The van der Waals surface area contributed by atoms with E-state index in [1.807, 2.05) is 0 Å². The standard InChI is InChI=1S/C37H37Cl2NO12S/c1-21(52-37(46)50-20-23(18-41)19-42)51-36(45)26(12-22-4-3-5-28(13-22)53(2,47)48)15-31(43)33-30(38)14-27-17-40(10-8-29(27)34(33)39)35(44)25-7-6-24-9-11-49-32(24)16-25/h3-7,9,11,13-14,16,21,23,26,41-42H,8,10,12,15,17-20H2,1-2H3/t21?,26-/m1/s1. The molecule has 2 N–H and O–H groups in total. The van der Waals surface area contributed by atoms with Crippen LogP contribution in [0.1, 0.15) is 50.8 Å². The number of ether oxygens (including phenoxy) is 3. The second kappa shape index (κ2) is 17.1. The first-order chi connectivity index (χ1) is 25.2. The number of ketones is 1. The van der Waals surface area contributed by atoms with Gasteiger partial charge in [-0.25, -0.2) is 13.2 Å². The third kappa shape index (κ3) is 9.75. The zero-order chi connectivity index (χ0) is 38.4. The van der Waals surface area contributed by atoms with Gasteiger partial charge in [-0.05, 0) is 65.9 Å². The molecule has 1 aliphatic heterocycles. The Morgan fingerprint density at radius 3 is 2.47 bits per heavy atom. The summed E-state index contributed by atoms with van der Waals surface area (Å²) in [6.07, 6.45) is -0.390.